The molecule has 1 aromatic heterocycles. The first-order chi connectivity index (χ1) is 12.9. The molecule has 144 valence electrons. The number of fused-ring (bicyclic) bond motifs is 1. The summed E-state index contributed by atoms with van der Waals surface area (Å²) in [6.45, 7) is 3.78. The molecule has 0 bridgehead atoms. The number of ether oxygens (including phenoxy) is 1. The molecule has 1 aromatic carbocycles. The molecule has 1 unspecified atom stereocenters. The first-order valence-corrected chi connectivity index (χ1v) is 9.40. The fourth-order valence-electron chi connectivity index (χ4n) is 4.25. The van der Waals surface area contributed by atoms with Crippen molar-refractivity contribution in [3.8, 4) is 5.75 Å². The number of benzene rings is 1. The molecule has 1 aliphatic heterocycles. The van der Waals surface area contributed by atoms with E-state index in [9.17, 15) is 14.7 Å². The molecule has 7 heteroatoms. The average molecular weight is 371 g/mol. The molecule has 7 nitrogen and oxygen atoms in total. The minimum Gasteiger partial charge on any atom is -0.492 e. The van der Waals surface area contributed by atoms with Crippen molar-refractivity contribution in [2.45, 2.75) is 38.3 Å². The van der Waals surface area contributed by atoms with E-state index < -0.39 is 11.4 Å². The van der Waals surface area contributed by atoms with Gasteiger partial charge in [0.25, 0.3) is 0 Å². The second-order valence-corrected chi connectivity index (χ2v) is 7.84. The number of hydrogen-bond donors (Lipinski definition) is 2. The lowest BCUT2D eigenvalue weighted by Crippen LogP contribution is -2.46. The molecule has 2 fully saturated rings. The summed E-state index contributed by atoms with van der Waals surface area (Å²) >= 11 is 0. The smallest absolute Gasteiger partial charge is 0.341 e. The fourth-order valence-corrected chi connectivity index (χ4v) is 4.25. The molecule has 1 saturated heterocycles. The zero-order chi connectivity index (χ0) is 19.3. The third kappa shape index (κ3) is 3.06. The van der Waals surface area contributed by atoms with Gasteiger partial charge in [-0.25, -0.2) is 4.79 Å². The van der Waals surface area contributed by atoms with Crippen LogP contribution in [0.2, 0.25) is 0 Å². The van der Waals surface area contributed by atoms with Crippen LogP contribution in [0.15, 0.2) is 23.1 Å². The molecule has 0 amide bonds. The van der Waals surface area contributed by atoms with Crippen LogP contribution >= 0.6 is 0 Å². The van der Waals surface area contributed by atoms with Gasteiger partial charge in [-0.1, -0.05) is 6.92 Å². The quantitative estimate of drug-likeness (QED) is 0.855. The second-order valence-electron chi connectivity index (χ2n) is 7.84. The number of carboxylic acids is 1. The van der Waals surface area contributed by atoms with Gasteiger partial charge in [-0.05, 0) is 37.3 Å². The molecule has 27 heavy (non-hydrogen) atoms. The Morgan fingerprint density at radius 1 is 1.30 bits per heavy atom. The second kappa shape index (κ2) is 6.56. The van der Waals surface area contributed by atoms with Crippen LogP contribution in [0.25, 0.3) is 10.9 Å². The Morgan fingerprint density at radius 3 is 2.63 bits per heavy atom. The number of pyridine rings is 1. The molecule has 2 aromatic rings. The predicted octanol–water partition coefficient (Wildman–Crippen LogP) is 2.22. The van der Waals surface area contributed by atoms with Crippen molar-refractivity contribution in [2.75, 3.05) is 25.1 Å². The standard InChI is InChI=1S/C20H25N3O4/c1-11-7-12(21)9-22(8-11)16-6-5-14-17(19(16)27-2)23(13-3-4-13)10-15(18(14)24)20(25)26/h5-6,10-13H,3-4,7-9,21H2,1-2H3,(H,25,26)/t11?,12-/m0/s1. The highest BCUT2D eigenvalue weighted by Crippen LogP contribution is 2.43. The van der Waals surface area contributed by atoms with Crippen LogP contribution in [0.5, 0.6) is 5.75 Å². The van der Waals surface area contributed by atoms with E-state index in [1.54, 1.807) is 13.2 Å². The first kappa shape index (κ1) is 17.9. The maximum absolute atomic E-state index is 12.7. The van der Waals surface area contributed by atoms with Gasteiger partial charge < -0.3 is 25.0 Å². The van der Waals surface area contributed by atoms with Crippen molar-refractivity contribution in [1.29, 1.82) is 0 Å². The number of hydrogen-bond acceptors (Lipinski definition) is 5. The van der Waals surface area contributed by atoms with E-state index in [-0.39, 0.29) is 17.6 Å². The monoisotopic (exact) mass is 371 g/mol. The van der Waals surface area contributed by atoms with Crippen molar-refractivity contribution in [2.24, 2.45) is 11.7 Å². The lowest BCUT2D eigenvalue weighted by Gasteiger charge is -2.37. The third-order valence-corrected chi connectivity index (χ3v) is 5.53. The number of carbonyl (C=O) groups is 1. The maximum Gasteiger partial charge on any atom is 0.341 e. The van der Waals surface area contributed by atoms with E-state index in [1.165, 1.54) is 6.20 Å². The van der Waals surface area contributed by atoms with Gasteiger partial charge in [0.15, 0.2) is 5.75 Å². The van der Waals surface area contributed by atoms with E-state index >= 15 is 0 Å². The molecular formula is C20H25N3O4. The van der Waals surface area contributed by atoms with Crippen molar-refractivity contribution in [3.05, 3.63) is 34.1 Å². The maximum atomic E-state index is 12.7. The third-order valence-electron chi connectivity index (χ3n) is 5.53. The summed E-state index contributed by atoms with van der Waals surface area (Å²) in [7, 11) is 1.60. The normalized spacial score (nSPS) is 22.9. The van der Waals surface area contributed by atoms with Crippen LogP contribution in [-0.4, -0.2) is 41.9 Å². The number of aromatic nitrogens is 1. The van der Waals surface area contributed by atoms with Crippen LogP contribution < -0.4 is 20.8 Å². The minimum atomic E-state index is -1.20. The SMILES string of the molecule is COc1c(N2CC(C)C[C@H](N)C2)ccc2c(=O)c(C(=O)O)cn(C3CC3)c12. The molecular weight excluding hydrogens is 346 g/mol. The fraction of sp³-hybridized carbons (Fsp3) is 0.500. The van der Waals surface area contributed by atoms with Gasteiger partial charge >= 0.3 is 5.97 Å². The molecule has 0 radical (unpaired) electrons. The highest BCUT2D eigenvalue weighted by Gasteiger charge is 2.31. The lowest BCUT2D eigenvalue weighted by molar-refractivity contribution is 0.0695. The Bertz CT molecular complexity index is 954. The summed E-state index contributed by atoms with van der Waals surface area (Å²) in [5, 5.41) is 9.81. The number of piperidine rings is 1. The van der Waals surface area contributed by atoms with E-state index in [0.717, 1.165) is 38.0 Å². The zero-order valence-corrected chi connectivity index (χ0v) is 15.6. The number of aromatic carboxylic acids is 1. The van der Waals surface area contributed by atoms with E-state index in [2.05, 4.69) is 11.8 Å². The Balaban J connectivity index is 1.96. The predicted molar refractivity (Wildman–Crippen MR) is 104 cm³/mol. The number of methoxy groups -OCH3 is 1. The topological polar surface area (TPSA) is 97.8 Å². The van der Waals surface area contributed by atoms with Crippen molar-refractivity contribution in [3.63, 3.8) is 0 Å². The van der Waals surface area contributed by atoms with Gasteiger partial charge in [-0.2, -0.15) is 0 Å². The van der Waals surface area contributed by atoms with Crippen LogP contribution in [0.4, 0.5) is 5.69 Å². The van der Waals surface area contributed by atoms with Gasteiger partial charge in [0.2, 0.25) is 5.43 Å². The molecule has 0 spiro atoms. The van der Waals surface area contributed by atoms with Gasteiger partial charge in [-0.15, -0.1) is 0 Å². The molecule has 1 aliphatic carbocycles. The summed E-state index contributed by atoms with van der Waals surface area (Å²) in [4.78, 5) is 26.5. The summed E-state index contributed by atoms with van der Waals surface area (Å²) in [6.07, 6.45) is 4.40. The minimum absolute atomic E-state index is 0.0918. The van der Waals surface area contributed by atoms with Crippen LogP contribution in [-0.2, 0) is 0 Å². The van der Waals surface area contributed by atoms with Crippen LogP contribution in [0.1, 0.15) is 42.6 Å². The van der Waals surface area contributed by atoms with Crippen LogP contribution in [0, 0.1) is 5.92 Å². The average Bonchev–Trinajstić information content (AvgIpc) is 3.45. The Kier molecular flexibility index (Phi) is 4.34. The molecule has 3 N–H and O–H groups in total. The lowest BCUT2D eigenvalue weighted by atomic mass is 9.95. The van der Waals surface area contributed by atoms with E-state index in [1.807, 2.05) is 10.6 Å². The summed E-state index contributed by atoms with van der Waals surface area (Å²) in [6, 6.07) is 3.88. The molecule has 2 heterocycles. The van der Waals surface area contributed by atoms with Gasteiger partial charge in [-0.3, -0.25) is 4.79 Å². The van der Waals surface area contributed by atoms with Gasteiger partial charge in [0.05, 0.1) is 23.7 Å². The summed E-state index contributed by atoms with van der Waals surface area (Å²) < 4.78 is 7.68. The van der Waals surface area contributed by atoms with Gasteiger partial charge in [0.1, 0.15) is 5.56 Å². The molecule has 2 aliphatic rings. The van der Waals surface area contributed by atoms with Crippen molar-refractivity contribution < 1.29 is 14.6 Å². The van der Waals surface area contributed by atoms with E-state index in [0.29, 0.717) is 22.6 Å². The summed E-state index contributed by atoms with van der Waals surface area (Å²) in [5.74, 6) is -0.112. The van der Waals surface area contributed by atoms with E-state index in [4.69, 9.17) is 10.5 Å². The Hall–Kier alpha value is -2.54. The first-order valence-electron chi connectivity index (χ1n) is 9.40. The highest BCUT2D eigenvalue weighted by atomic mass is 16.5. The van der Waals surface area contributed by atoms with Crippen LogP contribution in [0.3, 0.4) is 0 Å². The Labute approximate surface area is 157 Å². The molecule has 4 rings (SSSR count). The number of nitrogens with two attached hydrogens (primary N) is 1. The van der Waals surface area contributed by atoms with Crippen molar-refractivity contribution in [1.82, 2.24) is 4.57 Å². The largest absolute Gasteiger partial charge is 0.492 e. The number of nitrogens with zero attached hydrogens (tertiary/aromatic N) is 2. The highest BCUT2D eigenvalue weighted by molar-refractivity contribution is 5.97. The number of anilines is 1. The number of rotatable bonds is 4. The van der Waals surface area contributed by atoms with Gasteiger partial charge in [0, 0.05) is 31.4 Å². The summed E-state index contributed by atoms with van der Waals surface area (Å²) in [5.41, 5.74) is 7.14. The zero-order valence-electron chi connectivity index (χ0n) is 15.6. The molecule has 2 atom stereocenters. The Morgan fingerprint density at radius 2 is 2.04 bits per heavy atom. The molecule has 1 saturated carbocycles. The number of carboxylic acid groups (broad SMARTS) is 1. The van der Waals surface area contributed by atoms with Crippen molar-refractivity contribution >= 4 is 22.6 Å².